The molecular formula is C15H20N2O2S. The van der Waals surface area contributed by atoms with Crippen LogP contribution < -0.4 is 5.69 Å². The van der Waals surface area contributed by atoms with Crippen molar-refractivity contribution in [1.82, 2.24) is 9.13 Å². The van der Waals surface area contributed by atoms with E-state index in [2.05, 4.69) is 6.92 Å². The third kappa shape index (κ3) is 2.82. The molecule has 1 aromatic carbocycles. The first-order valence-electron chi connectivity index (χ1n) is 6.82. The van der Waals surface area contributed by atoms with E-state index in [0.29, 0.717) is 11.3 Å². The maximum atomic E-state index is 12.1. The Labute approximate surface area is 122 Å². The number of thioether (sulfide) groups is 1. The number of rotatable bonds is 6. The molecule has 0 aliphatic heterocycles. The van der Waals surface area contributed by atoms with Crippen molar-refractivity contribution in [3.63, 3.8) is 0 Å². The Morgan fingerprint density at radius 2 is 1.90 bits per heavy atom. The second-order valence-electron chi connectivity index (χ2n) is 4.93. The lowest BCUT2D eigenvalue weighted by molar-refractivity contribution is 0.102. The molecule has 0 amide bonds. The topological polar surface area (TPSA) is 44.0 Å². The van der Waals surface area contributed by atoms with E-state index >= 15 is 0 Å². The summed E-state index contributed by atoms with van der Waals surface area (Å²) in [5.74, 6) is 1.66. The van der Waals surface area contributed by atoms with Gasteiger partial charge in [-0.3, -0.25) is 13.9 Å². The van der Waals surface area contributed by atoms with Crippen LogP contribution in [0.25, 0.3) is 11.0 Å². The molecule has 2 rings (SSSR count). The van der Waals surface area contributed by atoms with E-state index in [1.54, 1.807) is 35.0 Å². The lowest BCUT2D eigenvalue weighted by Gasteiger charge is -2.02. The maximum absolute atomic E-state index is 12.1. The number of aromatic nitrogens is 2. The SMILES string of the molecule is CCCCSCC(=O)c1ccc2c(c1)n(C)c(=O)n2C. The molecule has 0 radical (unpaired) electrons. The summed E-state index contributed by atoms with van der Waals surface area (Å²) in [4.78, 5) is 24.0. The van der Waals surface area contributed by atoms with Gasteiger partial charge in [0.15, 0.2) is 5.78 Å². The van der Waals surface area contributed by atoms with Crippen LogP contribution in [0.3, 0.4) is 0 Å². The first-order chi connectivity index (χ1) is 9.56. The highest BCUT2D eigenvalue weighted by Gasteiger charge is 2.11. The number of nitrogens with zero attached hydrogens (tertiary/aromatic N) is 2. The summed E-state index contributed by atoms with van der Waals surface area (Å²) in [5.41, 5.74) is 2.28. The molecule has 0 unspecified atom stereocenters. The van der Waals surface area contributed by atoms with Crippen molar-refractivity contribution in [2.45, 2.75) is 19.8 Å². The Morgan fingerprint density at radius 1 is 1.20 bits per heavy atom. The average molecular weight is 292 g/mol. The predicted molar refractivity (Wildman–Crippen MR) is 84.7 cm³/mol. The fraction of sp³-hybridized carbons (Fsp3) is 0.467. The lowest BCUT2D eigenvalue weighted by Crippen LogP contribution is -2.19. The van der Waals surface area contributed by atoms with Gasteiger partial charge in [0.05, 0.1) is 16.8 Å². The molecule has 0 spiro atoms. The van der Waals surface area contributed by atoms with E-state index in [1.165, 1.54) is 0 Å². The zero-order valence-corrected chi connectivity index (χ0v) is 13.0. The summed E-state index contributed by atoms with van der Waals surface area (Å²) in [6.07, 6.45) is 2.30. The smallest absolute Gasteiger partial charge is 0.295 e. The van der Waals surface area contributed by atoms with Gasteiger partial charge in [-0.2, -0.15) is 11.8 Å². The third-order valence-electron chi connectivity index (χ3n) is 3.47. The third-order valence-corrected chi connectivity index (χ3v) is 4.51. The molecule has 20 heavy (non-hydrogen) atoms. The number of unbranched alkanes of at least 4 members (excludes halogenated alkanes) is 1. The van der Waals surface area contributed by atoms with Crippen LogP contribution >= 0.6 is 11.8 Å². The largest absolute Gasteiger partial charge is 0.328 e. The van der Waals surface area contributed by atoms with Gasteiger partial charge in [0, 0.05) is 19.7 Å². The molecule has 1 aromatic heterocycles. The molecule has 1 heterocycles. The van der Waals surface area contributed by atoms with Crippen molar-refractivity contribution in [2.75, 3.05) is 11.5 Å². The van der Waals surface area contributed by atoms with E-state index in [9.17, 15) is 9.59 Å². The Balaban J connectivity index is 2.21. The molecule has 0 aliphatic rings. The van der Waals surface area contributed by atoms with Crippen molar-refractivity contribution in [3.8, 4) is 0 Å². The van der Waals surface area contributed by atoms with Crippen molar-refractivity contribution < 1.29 is 4.79 Å². The molecule has 4 nitrogen and oxygen atoms in total. The molecule has 2 aromatic rings. The second kappa shape index (κ2) is 6.31. The minimum Gasteiger partial charge on any atom is -0.295 e. The summed E-state index contributed by atoms with van der Waals surface area (Å²) >= 11 is 1.68. The second-order valence-corrected chi connectivity index (χ2v) is 6.04. The van der Waals surface area contributed by atoms with Crippen molar-refractivity contribution in [3.05, 3.63) is 34.2 Å². The molecule has 0 saturated carbocycles. The van der Waals surface area contributed by atoms with E-state index < -0.39 is 0 Å². The molecule has 0 fully saturated rings. The number of aryl methyl sites for hydroxylation is 2. The Morgan fingerprint density at radius 3 is 2.60 bits per heavy atom. The number of benzene rings is 1. The van der Waals surface area contributed by atoms with Gasteiger partial charge in [-0.1, -0.05) is 13.3 Å². The maximum Gasteiger partial charge on any atom is 0.328 e. The van der Waals surface area contributed by atoms with Crippen LogP contribution in [0, 0.1) is 0 Å². The molecule has 5 heteroatoms. The highest BCUT2D eigenvalue weighted by atomic mass is 32.2. The van der Waals surface area contributed by atoms with Gasteiger partial charge < -0.3 is 0 Å². The van der Waals surface area contributed by atoms with Crippen molar-refractivity contribution in [2.24, 2.45) is 14.1 Å². The Bertz CT molecular complexity index is 685. The predicted octanol–water partition coefficient (Wildman–Crippen LogP) is 2.59. The fourth-order valence-electron chi connectivity index (χ4n) is 2.17. The van der Waals surface area contributed by atoms with Crippen LogP contribution in [-0.4, -0.2) is 26.4 Å². The molecular weight excluding hydrogens is 272 g/mol. The van der Waals surface area contributed by atoms with Gasteiger partial charge in [0.1, 0.15) is 0 Å². The molecule has 0 bridgehead atoms. The molecule has 0 saturated heterocycles. The van der Waals surface area contributed by atoms with E-state index in [1.807, 2.05) is 18.2 Å². The minimum atomic E-state index is -0.0677. The van der Waals surface area contributed by atoms with Gasteiger partial charge in [-0.25, -0.2) is 4.79 Å². The highest BCUT2D eigenvalue weighted by Crippen LogP contribution is 2.16. The van der Waals surface area contributed by atoms with Crippen LogP contribution in [-0.2, 0) is 14.1 Å². The highest BCUT2D eigenvalue weighted by molar-refractivity contribution is 7.99. The number of Topliss-reactive ketones (excluding diaryl/α,β-unsaturated/α-hetero) is 1. The summed E-state index contributed by atoms with van der Waals surface area (Å²) in [7, 11) is 3.47. The molecule has 0 N–H and O–H groups in total. The van der Waals surface area contributed by atoms with Crippen LogP contribution in [0.5, 0.6) is 0 Å². The number of carbonyl (C=O) groups excluding carboxylic acids is 1. The standard InChI is InChI=1S/C15H20N2O2S/c1-4-5-8-20-10-14(18)11-6-7-12-13(9-11)17(3)15(19)16(12)2/h6-7,9H,4-5,8,10H2,1-3H3. The molecule has 0 atom stereocenters. The van der Waals surface area contributed by atoms with E-state index in [4.69, 9.17) is 0 Å². The van der Waals surface area contributed by atoms with Gasteiger partial charge in [0.2, 0.25) is 0 Å². The van der Waals surface area contributed by atoms with Crippen molar-refractivity contribution >= 4 is 28.6 Å². The van der Waals surface area contributed by atoms with Gasteiger partial charge >= 0.3 is 5.69 Å². The van der Waals surface area contributed by atoms with Crippen LogP contribution in [0.2, 0.25) is 0 Å². The normalized spacial score (nSPS) is 11.2. The number of fused-ring (bicyclic) bond motifs is 1. The van der Waals surface area contributed by atoms with Crippen LogP contribution in [0.4, 0.5) is 0 Å². The fourth-order valence-corrected chi connectivity index (χ4v) is 3.16. The zero-order chi connectivity index (χ0) is 14.7. The summed E-state index contributed by atoms with van der Waals surface area (Å²) in [6.45, 7) is 2.15. The molecule has 0 aliphatic carbocycles. The number of carbonyl (C=O) groups is 1. The molecule has 108 valence electrons. The average Bonchev–Trinajstić information content (AvgIpc) is 2.68. The number of ketones is 1. The summed E-state index contributed by atoms with van der Waals surface area (Å²) < 4.78 is 3.18. The van der Waals surface area contributed by atoms with Gasteiger partial charge in [-0.05, 0) is 30.4 Å². The Kier molecular flexibility index (Phi) is 4.70. The summed E-state index contributed by atoms with van der Waals surface area (Å²) in [5, 5.41) is 0. The minimum absolute atomic E-state index is 0.0677. The van der Waals surface area contributed by atoms with E-state index in [-0.39, 0.29) is 11.5 Å². The first kappa shape index (κ1) is 14.9. The first-order valence-corrected chi connectivity index (χ1v) is 7.98. The van der Waals surface area contributed by atoms with Crippen LogP contribution in [0.15, 0.2) is 23.0 Å². The summed E-state index contributed by atoms with van der Waals surface area (Å²) in [6, 6.07) is 5.48. The number of hydrogen-bond donors (Lipinski definition) is 0. The van der Waals surface area contributed by atoms with Crippen LogP contribution in [0.1, 0.15) is 30.1 Å². The quantitative estimate of drug-likeness (QED) is 0.607. The van der Waals surface area contributed by atoms with E-state index in [0.717, 1.165) is 29.6 Å². The number of imidazole rings is 1. The Hall–Kier alpha value is -1.49. The monoisotopic (exact) mass is 292 g/mol. The van der Waals surface area contributed by atoms with Gasteiger partial charge in [0.25, 0.3) is 0 Å². The number of hydrogen-bond acceptors (Lipinski definition) is 3. The zero-order valence-electron chi connectivity index (χ0n) is 12.2. The lowest BCUT2D eigenvalue weighted by atomic mass is 10.1. The van der Waals surface area contributed by atoms with Crippen molar-refractivity contribution in [1.29, 1.82) is 0 Å². The van der Waals surface area contributed by atoms with Gasteiger partial charge in [-0.15, -0.1) is 0 Å².